The summed E-state index contributed by atoms with van der Waals surface area (Å²) in [6, 6.07) is 3.70. The minimum absolute atomic E-state index is 0.597. The molecule has 0 fully saturated rings. The molecule has 0 bridgehead atoms. The van der Waals surface area contributed by atoms with Crippen LogP contribution in [-0.2, 0) is 0 Å². The van der Waals surface area contributed by atoms with Crippen LogP contribution in [-0.4, -0.2) is 4.98 Å². The van der Waals surface area contributed by atoms with Gasteiger partial charge in [-0.25, -0.2) is 4.98 Å². The van der Waals surface area contributed by atoms with Crippen molar-refractivity contribution in [2.45, 2.75) is 0 Å². The zero-order valence-corrected chi connectivity index (χ0v) is 5.24. The smallest absolute Gasteiger partial charge is 0.227 e. The van der Waals surface area contributed by atoms with Crippen LogP contribution in [0.2, 0.25) is 0 Å². The molecule has 0 amide bonds. The lowest BCUT2D eigenvalue weighted by molar-refractivity contribution is 0.604. The van der Waals surface area contributed by atoms with Crippen LogP contribution in [0.15, 0.2) is 29.0 Å². The first-order valence-electron chi connectivity index (χ1n) is 2.95. The number of hydrogen-bond donors (Lipinski definition) is 1. The van der Waals surface area contributed by atoms with E-state index in [-0.39, 0.29) is 0 Å². The third kappa shape index (κ3) is 0.572. The van der Waals surface area contributed by atoms with E-state index in [0.29, 0.717) is 11.4 Å². The minimum atomic E-state index is 0.597. The van der Waals surface area contributed by atoms with Crippen LogP contribution >= 0.6 is 0 Å². The fourth-order valence-electron chi connectivity index (χ4n) is 0.887. The second-order valence-corrected chi connectivity index (χ2v) is 2.05. The van der Waals surface area contributed by atoms with Crippen molar-refractivity contribution in [3.8, 4) is 0 Å². The third-order valence-electron chi connectivity index (χ3n) is 1.38. The fraction of sp³-hybridized carbons (Fsp3) is 0. The molecule has 2 rings (SSSR count). The lowest BCUT2D eigenvalue weighted by Crippen LogP contribution is -1.79. The molecule has 0 saturated carbocycles. The maximum atomic E-state index is 5.54. The van der Waals surface area contributed by atoms with Gasteiger partial charge in [0.15, 0.2) is 0 Å². The zero-order valence-electron chi connectivity index (χ0n) is 5.24. The maximum Gasteiger partial charge on any atom is 0.227 e. The number of nitrogens with zero attached hydrogens (tertiary/aromatic N) is 1. The largest absolute Gasteiger partial charge is 0.444 e. The van der Waals surface area contributed by atoms with Crippen LogP contribution in [0.25, 0.3) is 11.1 Å². The van der Waals surface area contributed by atoms with Crippen LogP contribution < -0.4 is 5.73 Å². The molecule has 0 aromatic carbocycles. The molecule has 0 unspecified atom stereocenters. The van der Waals surface area contributed by atoms with Gasteiger partial charge in [-0.05, 0) is 12.1 Å². The molecular weight excluding hydrogens is 128 g/mol. The number of hydrogen-bond acceptors (Lipinski definition) is 3. The van der Waals surface area contributed by atoms with Gasteiger partial charge in [0.25, 0.3) is 0 Å². The first-order chi connectivity index (χ1) is 4.88. The first kappa shape index (κ1) is 5.29. The molecule has 3 nitrogen and oxygen atoms in total. The summed E-state index contributed by atoms with van der Waals surface area (Å²) < 4.78 is 5.01. The molecule has 3 heteroatoms. The molecule has 0 aliphatic rings. The quantitative estimate of drug-likeness (QED) is 0.592. The third-order valence-corrected chi connectivity index (χ3v) is 1.38. The van der Waals surface area contributed by atoms with Gasteiger partial charge in [-0.2, -0.15) is 0 Å². The number of pyridine rings is 1. The molecule has 2 aromatic heterocycles. The van der Waals surface area contributed by atoms with Crippen LogP contribution in [0.1, 0.15) is 0 Å². The normalized spacial score (nSPS) is 10.4. The molecule has 2 heterocycles. The van der Waals surface area contributed by atoms with Gasteiger partial charge < -0.3 is 10.2 Å². The lowest BCUT2D eigenvalue weighted by Gasteiger charge is -1.84. The Kier molecular flexibility index (Phi) is 0.917. The Balaban J connectivity index is 2.93. The van der Waals surface area contributed by atoms with Crippen molar-refractivity contribution >= 4 is 16.8 Å². The molecule has 0 aliphatic heterocycles. The van der Waals surface area contributed by atoms with Crippen LogP contribution in [0, 0.1) is 0 Å². The molecular formula is C7H6N2O. The summed E-state index contributed by atoms with van der Waals surface area (Å²) in [5, 5.41) is 0.877. The van der Waals surface area contributed by atoms with Crippen molar-refractivity contribution in [2.24, 2.45) is 0 Å². The van der Waals surface area contributed by atoms with Gasteiger partial charge in [0, 0.05) is 6.20 Å². The number of fused-ring (bicyclic) bond motifs is 1. The van der Waals surface area contributed by atoms with Gasteiger partial charge in [-0.15, -0.1) is 0 Å². The van der Waals surface area contributed by atoms with Crippen LogP contribution in [0.4, 0.5) is 5.69 Å². The molecule has 2 aromatic rings. The summed E-state index contributed by atoms with van der Waals surface area (Å²) in [6.45, 7) is 0. The van der Waals surface area contributed by atoms with E-state index in [1.54, 1.807) is 6.20 Å². The predicted molar refractivity (Wildman–Crippen MR) is 38.4 cm³/mol. The maximum absolute atomic E-state index is 5.54. The topological polar surface area (TPSA) is 52.0 Å². The highest BCUT2D eigenvalue weighted by molar-refractivity contribution is 5.86. The van der Waals surface area contributed by atoms with Crippen LogP contribution in [0.5, 0.6) is 0 Å². The lowest BCUT2D eigenvalue weighted by atomic mass is 10.3. The van der Waals surface area contributed by atoms with Crippen molar-refractivity contribution in [1.29, 1.82) is 0 Å². The van der Waals surface area contributed by atoms with Crippen molar-refractivity contribution in [3.05, 3.63) is 24.6 Å². The number of nitrogens with two attached hydrogens (primary N) is 1. The summed E-state index contributed by atoms with van der Waals surface area (Å²) in [5.74, 6) is 0. The van der Waals surface area contributed by atoms with Crippen molar-refractivity contribution < 1.29 is 4.42 Å². The van der Waals surface area contributed by atoms with Gasteiger partial charge in [0.05, 0.1) is 11.1 Å². The standard InChI is InChI=1S/C7H6N2O/c8-6-4-10-7-5(6)2-1-3-9-7/h1-4H,8H2. The van der Waals surface area contributed by atoms with E-state index < -0.39 is 0 Å². The number of aromatic nitrogens is 1. The van der Waals surface area contributed by atoms with E-state index in [2.05, 4.69) is 4.98 Å². The summed E-state index contributed by atoms with van der Waals surface area (Å²) in [5.41, 5.74) is 6.78. The van der Waals surface area contributed by atoms with Crippen molar-refractivity contribution in [1.82, 2.24) is 4.98 Å². The van der Waals surface area contributed by atoms with Gasteiger partial charge >= 0.3 is 0 Å². The molecule has 2 N–H and O–H groups in total. The van der Waals surface area contributed by atoms with E-state index in [1.807, 2.05) is 12.1 Å². The minimum Gasteiger partial charge on any atom is -0.444 e. The van der Waals surface area contributed by atoms with E-state index >= 15 is 0 Å². The van der Waals surface area contributed by atoms with E-state index in [0.717, 1.165) is 5.39 Å². The fourth-order valence-corrected chi connectivity index (χ4v) is 0.887. The van der Waals surface area contributed by atoms with E-state index in [4.69, 9.17) is 10.2 Å². The summed E-state index contributed by atoms with van der Waals surface area (Å²) >= 11 is 0. The summed E-state index contributed by atoms with van der Waals surface area (Å²) in [7, 11) is 0. The molecule has 0 saturated heterocycles. The Bertz CT molecular complexity index is 353. The van der Waals surface area contributed by atoms with Crippen molar-refractivity contribution in [2.75, 3.05) is 5.73 Å². The SMILES string of the molecule is Nc1coc2ncccc12. The van der Waals surface area contributed by atoms with Gasteiger partial charge in [-0.1, -0.05) is 0 Å². The first-order valence-corrected chi connectivity index (χ1v) is 2.95. The molecule has 10 heavy (non-hydrogen) atoms. The molecule has 0 spiro atoms. The highest BCUT2D eigenvalue weighted by atomic mass is 16.3. The average Bonchev–Trinajstić information content (AvgIpc) is 2.34. The second kappa shape index (κ2) is 1.73. The molecule has 0 radical (unpaired) electrons. The average molecular weight is 134 g/mol. The second-order valence-electron chi connectivity index (χ2n) is 2.05. The molecule has 0 aliphatic carbocycles. The van der Waals surface area contributed by atoms with Gasteiger partial charge in [-0.3, -0.25) is 0 Å². The van der Waals surface area contributed by atoms with Crippen molar-refractivity contribution in [3.63, 3.8) is 0 Å². The monoisotopic (exact) mass is 134 g/mol. The van der Waals surface area contributed by atoms with Gasteiger partial charge in [0.1, 0.15) is 6.26 Å². The number of furan rings is 1. The highest BCUT2D eigenvalue weighted by Crippen LogP contribution is 2.19. The Morgan fingerprint density at radius 2 is 2.40 bits per heavy atom. The van der Waals surface area contributed by atoms with E-state index in [9.17, 15) is 0 Å². The zero-order chi connectivity index (χ0) is 6.97. The molecule has 0 atom stereocenters. The number of nitrogen functional groups attached to an aromatic ring is 1. The summed E-state index contributed by atoms with van der Waals surface area (Å²) in [4.78, 5) is 3.96. The number of rotatable bonds is 0. The predicted octanol–water partition coefficient (Wildman–Crippen LogP) is 1.41. The highest BCUT2D eigenvalue weighted by Gasteiger charge is 1.99. The Hall–Kier alpha value is -1.51. The molecule has 50 valence electrons. The van der Waals surface area contributed by atoms with Gasteiger partial charge in [0.2, 0.25) is 5.71 Å². The number of anilines is 1. The Morgan fingerprint density at radius 3 is 3.20 bits per heavy atom. The van der Waals surface area contributed by atoms with Crippen LogP contribution in [0.3, 0.4) is 0 Å². The van der Waals surface area contributed by atoms with E-state index in [1.165, 1.54) is 6.26 Å². The Labute approximate surface area is 57.5 Å². The Morgan fingerprint density at radius 1 is 1.50 bits per heavy atom. The summed E-state index contributed by atoms with van der Waals surface area (Å²) in [6.07, 6.45) is 3.17.